The molecular weight excluding hydrogens is 404 g/mol. The van der Waals surface area contributed by atoms with Crippen LogP contribution in [0.1, 0.15) is 81.6 Å². The normalized spacial score (nSPS) is 16.3. The molecule has 0 radical (unpaired) electrons. The quantitative estimate of drug-likeness (QED) is 0.445. The van der Waals surface area contributed by atoms with Gasteiger partial charge in [-0.15, -0.1) is 11.3 Å². The summed E-state index contributed by atoms with van der Waals surface area (Å²) in [7, 11) is 0. The van der Waals surface area contributed by atoms with E-state index in [9.17, 15) is 9.59 Å². The molecule has 0 saturated carbocycles. The average molecular weight is 439 g/mol. The van der Waals surface area contributed by atoms with E-state index in [0.29, 0.717) is 29.5 Å². The molecule has 0 spiro atoms. The third-order valence-electron chi connectivity index (χ3n) is 5.83. The summed E-state index contributed by atoms with van der Waals surface area (Å²) in [6.45, 7) is 13.0. The summed E-state index contributed by atoms with van der Waals surface area (Å²) in [6.07, 6.45) is 4.41. The fourth-order valence-electron chi connectivity index (χ4n) is 3.73. The number of fused-ring (bicyclic) bond motifs is 1. The molecule has 1 atom stereocenters. The Morgan fingerprint density at radius 3 is 2.59 bits per heavy atom. The molecular formula is C22H34N2O3S2. The number of hydrogen-bond acceptors (Lipinski definition) is 5. The fraction of sp³-hybridized carbons (Fsp3) is 0.682. The Balaban J connectivity index is 2.27. The molecule has 1 aromatic heterocycles. The predicted molar refractivity (Wildman–Crippen MR) is 124 cm³/mol. The van der Waals surface area contributed by atoms with Crippen LogP contribution in [0.3, 0.4) is 0 Å². The van der Waals surface area contributed by atoms with E-state index in [2.05, 4.69) is 31.4 Å². The van der Waals surface area contributed by atoms with Crippen LogP contribution in [0.15, 0.2) is 0 Å². The molecule has 29 heavy (non-hydrogen) atoms. The van der Waals surface area contributed by atoms with E-state index in [1.165, 1.54) is 4.88 Å². The van der Waals surface area contributed by atoms with Gasteiger partial charge in [-0.2, -0.15) is 0 Å². The van der Waals surface area contributed by atoms with Crippen LogP contribution in [-0.2, 0) is 22.4 Å². The highest BCUT2D eigenvalue weighted by Gasteiger charge is 2.35. The number of thiocarbonyl (C=S) groups is 1. The summed E-state index contributed by atoms with van der Waals surface area (Å²) in [5, 5.41) is 6.72. The van der Waals surface area contributed by atoms with Gasteiger partial charge in [-0.25, -0.2) is 4.79 Å². The number of carbonyl (C=O) groups excluding carboxylic acids is 2. The minimum atomic E-state index is -0.322. The number of amides is 1. The van der Waals surface area contributed by atoms with Gasteiger partial charge in [-0.3, -0.25) is 4.79 Å². The minimum absolute atomic E-state index is 0.124. The first-order chi connectivity index (χ1) is 13.6. The van der Waals surface area contributed by atoms with Crippen molar-refractivity contribution in [3.05, 3.63) is 16.0 Å². The van der Waals surface area contributed by atoms with E-state index in [-0.39, 0.29) is 28.3 Å². The standard InChI is InChI=1S/C22H34N2O3S2/c1-7-22(5,6)14-9-10-15-16(12-14)29-19(18(15)20(26)27-8-2)24-21(28)23-17(25)11-13(3)4/h13-14H,7-12H2,1-6H3,(H2,23,24,25,28)/t14-/m0/s1. The highest BCUT2D eigenvalue weighted by atomic mass is 32.1. The first kappa shape index (κ1) is 23.8. The molecule has 0 bridgehead atoms. The second-order valence-electron chi connectivity index (χ2n) is 8.81. The van der Waals surface area contributed by atoms with Gasteiger partial charge in [-0.05, 0) is 61.2 Å². The number of anilines is 1. The molecule has 1 aromatic rings. The van der Waals surface area contributed by atoms with E-state index < -0.39 is 0 Å². The molecule has 1 aliphatic carbocycles. The van der Waals surface area contributed by atoms with E-state index >= 15 is 0 Å². The van der Waals surface area contributed by atoms with Crippen molar-refractivity contribution in [2.45, 2.75) is 73.6 Å². The molecule has 0 fully saturated rings. The summed E-state index contributed by atoms with van der Waals surface area (Å²) in [6, 6.07) is 0. The molecule has 7 heteroatoms. The van der Waals surface area contributed by atoms with Crippen LogP contribution < -0.4 is 10.6 Å². The Morgan fingerprint density at radius 2 is 2.00 bits per heavy atom. The van der Waals surface area contributed by atoms with Crippen molar-refractivity contribution in [2.75, 3.05) is 11.9 Å². The summed E-state index contributed by atoms with van der Waals surface area (Å²) < 4.78 is 5.32. The van der Waals surface area contributed by atoms with E-state index in [4.69, 9.17) is 17.0 Å². The number of nitrogens with one attached hydrogen (secondary N) is 2. The van der Waals surface area contributed by atoms with Crippen LogP contribution in [0, 0.1) is 17.3 Å². The highest BCUT2D eigenvalue weighted by molar-refractivity contribution is 7.80. The third-order valence-corrected chi connectivity index (χ3v) is 7.21. The number of carbonyl (C=O) groups is 2. The lowest BCUT2D eigenvalue weighted by molar-refractivity contribution is -0.120. The largest absolute Gasteiger partial charge is 0.462 e. The van der Waals surface area contributed by atoms with Crippen molar-refractivity contribution in [1.29, 1.82) is 0 Å². The zero-order valence-corrected chi connectivity index (χ0v) is 20.1. The summed E-state index contributed by atoms with van der Waals surface area (Å²) in [4.78, 5) is 26.0. The lowest BCUT2D eigenvalue weighted by Crippen LogP contribution is -2.34. The van der Waals surface area contributed by atoms with E-state index in [1.54, 1.807) is 18.3 Å². The van der Waals surface area contributed by atoms with Gasteiger partial charge in [0.1, 0.15) is 5.00 Å². The SMILES string of the molecule is CCOC(=O)c1c(NC(=S)NC(=O)CC(C)C)sc2c1CC[C@H](C(C)(C)CC)C2. The maximum Gasteiger partial charge on any atom is 0.341 e. The second-order valence-corrected chi connectivity index (χ2v) is 10.3. The Hall–Kier alpha value is -1.47. The molecule has 0 unspecified atom stereocenters. The molecule has 5 nitrogen and oxygen atoms in total. The van der Waals surface area contributed by atoms with Crippen LogP contribution >= 0.6 is 23.6 Å². The van der Waals surface area contributed by atoms with E-state index in [0.717, 1.165) is 31.2 Å². The Labute approximate surface area is 184 Å². The zero-order valence-electron chi connectivity index (χ0n) is 18.4. The molecule has 1 aliphatic rings. The molecule has 1 amide bonds. The number of hydrogen-bond donors (Lipinski definition) is 2. The summed E-state index contributed by atoms with van der Waals surface area (Å²) in [5.41, 5.74) is 1.93. The molecule has 0 aliphatic heterocycles. The van der Waals surface area contributed by atoms with Crippen LogP contribution in [0.2, 0.25) is 0 Å². The van der Waals surface area contributed by atoms with Crippen molar-refractivity contribution >= 4 is 45.5 Å². The van der Waals surface area contributed by atoms with Crippen molar-refractivity contribution in [2.24, 2.45) is 17.3 Å². The Morgan fingerprint density at radius 1 is 1.31 bits per heavy atom. The lowest BCUT2D eigenvalue weighted by Gasteiger charge is -2.36. The van der Waals surface area contributed by atoms with Crippen molar-refractivity contribution in [3.8, 4) is 0 Å². The number of esters is 1. The van der Waals surface area contributed by atoms with E-state index in [1.807, 2.05) is 13.8 Å². The van der Waals surface area contributed by atoms with Crippen molar-refractivity contribution < 1.29 is 14.3 Å². The monoisotopic (exact) mass is 438 g/mol. The topological polar surface area (TPSA) is 67.4 Å². The summed E-state index contributed by atoms with van der Waals surface area (Å²) >= 11 is 6.89. The van der Waals surface area contributed by atoms with Crippen LogP contribution in [0.4, 0.5) is 5.00 Å². The molecule has 162 valence electrons. The Kier molecular flexibility index (Phi) is 8.23. The van der Waals surface area contributed by atoms with Gasteiger partial charge in [0, 0.05) is 11.3 Å². The van der Waals surface area contributed by atoms with Crippen molar-refractivity contribution in [3.63, 3.8) is 0 Å². The zero-order chi connectivity index (χ0) is 21.8. The predicted octanol–water partition coefficient (Wildman–Crippen LogP) is 5.33. The first-order valence-corrected chi connectivity index (χ1v) is 11.7. The fourth-order valence-corrected chi connectivity index (χ4v) is 5.33. The highest BCUT2D eigenvalue weighted by Crippen LogP contribution is 2.45. The molecule has 1 heterocycles. The van der Waals surface area contributed by atoms with Gasteiger partial charge in [0.05, 0.1) is 12.2 Å². The van der Waals surface area contributed by atoms with Gasteiger partial charge in [0.15, 0.2) is 5.11 Å². The second kappa shape index (κ2) is 10.0. The molecule has 0 aromatic carbocycles. The number of rotatable bonds is 7. The maximum absolute atomic E-state index is 12.7. The van der Waals surface area contributed by atoms with Gasteiger partial charge in [0.25, 0.3) is 0 Å². The lowest BCUT2D eigenvalue weighted by atomic mass is 9.69. The Bertz CT molecular complexity index is 768. The molecule has 2 N–H and O–H groups in total. The summed E-state index contributed by atoms with van der Waals surface area (Å²) in [5.74, 6) is 0.387. The number of thiophene rings is 1. The van der Waals surface area contributed by atoms with Gasteiger partial charge < -0.3 is 15.4 Å². The van der Waals surface area contributed by atoms with Gasteiger partial charge >= 0.3 is 5.97 Å². The van der Waals surface area contributed by atoms with Crippen LogP contribution in [-0.4, -0.2) is 23.6 Å². The maximum atomic E-state index is 12.7. The molecule has 2 rings (SSSR count). The third kappa shape index (κ3) is 6.01. The van der Waals surface area contributed by atoms with Crippen LogP contribution in [0.25, 0.3) is 0 Å². The first-order valence-electron chi connectivity index (χ1n) is 10.5. The van der Waals surface area contributed by atoms with Crippen LogP contribution in [0.5, 0.6) is 0 Å². The van der Waals surface area contributed by atoms with Gasteiger partial charge in [0.2, 0.25) is 5.91 Å². The minimum Gasteiger partial charge on any atom is -0.462 e. The average Bonchev–Trinajstić information content (AvgIpc) is 2.97. The molecule has 0 saturated heterocycles. The van der Waals surface area contributed by atoms with Crippen molar-refractivity contribution in [1.82, 2.24) is 5.32 Å². The smallest absolute Gasteiger partial charge is 0.341 e. The van der Waals surface area contributed by atoms with Gasteiger partial charge in [-0.1, -0.05) is 41.0 Å². The number of ether oxygens (including phenoxy) is 1.